The predicted molar refractivity (Wildman–Crippen MR) is 62.5 cm³/mol. The average Bonchev–Trinajstić information content (AvgIpc) is 2.64. The molecule has 0 aromatic heterocycles. The average molecular weight is 198 g/mol. The Morgan fingerprint density at radius 2 is 1.93 bits per heavy atom. The van der Waals surface area contributed by atoms with E-state index < -0.39 is 0 Å². The summed E-state index contributed by atoms with van der Waals surface area (Å²) in [5.74, 6) is 0.790. The molecule has 84 valence electrons. The highest BCUT2D eigenvalue weighted by Crippen LogP contribution is 2.34. The maximum Gasteiger partial charge on any atom is 0.00528 e. The van der Waals surface area contributed by atoms with Crippen molar-refractivity contribution in [2.45, 2.75) is 34.1 Å². The van der Waals surface area contributed by atoms with Crippen molar-refractivity contribution < 1.29 is 0 Å². The number of hydrogen-bond donors (Lipinski definition) is 1. The van der Waals surface area contributed by atoms with Crippen LogP contribution in [-0.2, 0) is 0 Å². The van der Waals surface area contributed by atoms with Crippen molar-refractivity contribution in [3.63, 3.8) is 0 Å². The molecule has 0 radical (unpaired) electrons. The van der Waals surface area contributed by atoms with Crippen LogP contribution in [0.25, 0.3) is 0 Å². The Morgan fingerprint density at radius 3 is 2.29 bits per heavy atom. The highest BCUT2D eigenvalue weighted by Gasteiger charge is 2.37. The van der Waals surface area contributed by atoms with E-state index in [0.29, 0.717) is 5.41 Å². The predicted octanol–water partition coefficient (Wildman–Crippen LogP) is 1.96. The minimum atomic E-state index is 0.534. The van der Waals surface area contributed by atoms with E-state index in [-0.39, 0.29) is 0 Å². The molecule has 1 N–H and O–H groups in total. The number of hydrogen-bond acceptors (Lipinski definition) is 2. The van der Waals surface area contributed by atoms with Crippen molar-refractivity contribution in [1.29, 1.82) is 0 Å². The molecule has 2 heteroatoms. The molecule has 0 amide bonds. The van der Waals surface area contributed by atoms with Gasteiger partial charge in [0.05, 0.1) is 0 Å². The van der Waals surface area contributed by atoms with E-state index in [1.54, 1.807) is 0 Å². The molecule has 0 bridgehead atoms. The van der Waals surface area contributed by atoms with Gasteiger partial charge in [-0.2, -0.15) is 0 Å². The number of nitrogens with zero attached hydrogens (tertiary/aromatic N) is 1. The molecule has 0 aromatic rings. The van der Waals surface area contributed by atoms with Crippen LogP contribution in [0.4, 0.5) is 0 Å². The van der Waals surface area contributed by atoms with Crippen LogP contribution < -0.4 is 5.32 Å². The van der Waals surface area contributed by atoms with Crippen molar-refractivity contribution in [3.05, 3.63) is 0 Å². The Kier molecular flexibility index (Phi) is 4.39. The molecule has 0 aromatic carbocycles. The van der Waals surface area contributed by atoms with Crippen LogP contribution in [0.1, 0.15) is 34.1 Å². The van der Waals surface area contributed by atoms with E-state index in [2.05, 4.69) is 37.9 Å². The highest BCUT2D eigenvalue weighted by atomic mass is 15.1. The van der Waals surface area contributed by atoms with Gasteiger partial charge < -0.3 is 10.2 Å². The minimum Gasteiger partial charge on any atom is -0.316 e. The quantitative estimate of drug-likeness (QED) is 0.726. The van der Waals surface area contributed by atoms with E-state index in [9.17, 15) is 0 Å². The normalized spacial score (nSPS) is 27.9. The van der Waals surface area contributed by atoms with Gasteiger partial charge in [0.25, 0.3) is 0 Å². The molecule has 1 rings (SSSR count). The fraction of sp³-hybridized carbons (Fsp3) is 1.00. The summed E-state index contributed by atoms with van der Waals surface area (Å²) in [5, 5.41) is 3.52. The fourth-order valence-corrected chi connectivity index (χ4v) is 2.47. The summed E-state index contributed by atoms with van der Waals surface area (Å²) in [6.45, 7) is 15.3. The Labute approximate surface area is 89.1 Å². The topological polar surface area (TPSA) is 15.3 Å². The SMILES string of the molecule is CCN(CC)CC1(C(C)C)CCNC1. The Hall–Kier alpha value is -0.0800. The molecule has 0 aliphatic carbocycles. The summed E-state index contributed by atoms with van der Waals surface area (Å²) in [4.78, 5) is 2.56. The van der Waals surface area contributed by atoms with E-state index in [1.165, 1.54) is 39.1 Å². The fourth-order valence-electron chi connectivity index (χ4n) is 2.47. The molecular weight excluding hydrogens is 172 g/mol. The smallest absolute Gasteiger partial charge is 0.00528 e. The summed E-state index contributed by atoms with van der Waals surface area (Å²) in [6, 6.07) is 0. The van der Waals surface area contributed by atoms with Crippen LogP contribution in [-0.4, -0.2) is 37.6 Å². The molecule has 1 atom stereocenters. The zero-order valence-corrected chi connectivity index (χ0v) is 10.3. The van der Waals surface area contributed by atoms with E-state index in [0.717, 1.165) is 5.92 Å². The lowest BCUT2D eigenvalue weighted by atomic mass is 9.76. The van der Waals surface area contributed by atoms with Crippen LogP contribution in [0.2, 0.25) is 0 Å². The molecule has 0 saturated carbocycles. The van der Waals surface area contributed by atoms with Crippen LogP contribution in [0, 0.1) is 11.3 Å². The van der Waals surface area contributed by atoms with Crippen molar-refractivity contribution in [3.8, 4) is 0 Å². The maximum absolute atomic E-state index is 3.52. The third-order valence-corrected chi connectivity index (χ3v) is 3.93. The summed E-state index contributed by atoms with van der Waals surface area (Å²) in [5.41, 5.74) is 0.534. The van der Waals surface area contributed by atoms with Gasteiger partial charge in [-0.1, -0.05) is 27.7 Å². The number of rotatable bonds is 5. The zero-order chi connectivity index (χ0) is 10.6. The van der Waals surface area contributed by atoms with Crippen LogP contribution >= 0.6 is 0 Å². The van der Waals surface area contributed by atoms with Crippen LogP contribution in [0.3, 0.4) is 0 Å². The van der Waals surface area contributed by atoms with Gasteiger partial charge in [-0.05, 0) is 37.4 Å². The van der Waals surface area contributed by atoms with Gasteiger partial charge in [-0.15, -0.1) is 0 Å². The van der Waals surface area contributed by atoms with E-state index in [4.69, 9.17) is 0 Å². The third-order valence-electron chi connectivity index (χ3n) is 3.93. The van der Waals surface area contributed by atoms with E-state index >= 15 is 0 Å². The summed E-state index contributed by atoms with van der Waals surface area (Å²) in [6.07, 6.45) is 1.35. The molecule has 14 heavy (non-hydrogen) atoms. The first-order valence-corrected chi connectivity index (χ1v) is 6.07. The third kappa shape index (κ3) is 2.48. The number of nitrogens with one attached hydrogen (secondary N) is 1. The Bertz CT molecular complexity index is 156. The maximum atomic E-state index is 3.52. The first-order valence-electron chi connectivity index (χ1n) is 6.07. The molecule has 0 spiro atoms. The lowest BCUT2D eigenvalue weighted by molar-refractivity contribution is 0.125. The Balaban J connectivity index is 2.59. The lowest BCUT2D eigenvalue weighted by Crippen LogP contribution is -2.42. The molecular formula is C12H26N2. The molecule has 1 fully saturated rings. The standard InChI is InChI=1S/C12H26N2/c1-5-14(6-2)10-12(11(3)4)7-8-13-9-12/h11,13H,5-10H2,1-4H3. The summed E-state index contributed by atoms with van der Waals surface area (Å²) >= 11 is 0. The lowest BCUT2D eigenvalue weighted by Gasteiger charge is -2.37. The Morgan fingerprint density at radius 1 is 1.29 bits per heavy atom. The van der Waals surface area contributed by atoms with Crippen molar-refractivity contribution >= 4 is 0 Å². The van der Waals surface area contributed by atoms with Crippen molar-refractivity contribution in [2.75, 3.05) is 32.7 Å². The largest absolute Gasteiger partial charge is 0.316 e. The second-order valence-electron chi connectivity index (χ2n) is 4.91. The van der Waals surface area contributed by atoms with Gasteiger partial charge in [0, 0.05) is 13.1 Å². The first kappa shape index (κ1) is 12.0. The van der Waals surface area contributed by atoms with Crippen LogP contribution in [0.15, 0.2) is 0 Å². The zero-order valence-electron chi connectivity index (χ0n) is 10.3. The molecule has 1 saturated heterocycles. The van der Waals surface area contributed by atoms with Gasteiger partial charge in [-0.25, -0.2) is 0 Å². The molecule has 1 heterocycles. The van der Waals surface area contributed by atoms with Crippen molar-refractivity contribution in [2.24, 2.45) is 11.3 Å². The molecule has 1 aliphatic rings. The van der Waals surface area contributed by atoms with Gasteiger partial charge in [0.15, 0.2) is 0 Å². The van der Waals surface area contributed by atoms with Gasteiger partial charge in [0.1, 0.15) is 0 Å². The van der Waals surface area contributed by atoms with Gasteiger partial charge in [0.2, 0.25) is 0 Å². The first-order chi connectivity index (χ1) is 6.64. The van der Waals surface area contributed by atoms with E-state index in [1.807, 2.05) is 0 Å². The molecule has 1 unspecified atom stereocenters. The monoisotopic (exact) mass is 198 g/mol. The van der Waals surface area contributed by atoms with Gasteiger partial charge in [-0.3, -0.25) is 0 Å². The second-order valence-corrected chi connectivity index (χ2v) is 4.91. The van der Waals surface area contributed by atoms with Crippen LogP contribution in [0.5, 0.6) is 0 Å². The van der Waals surface area contributed by atoms with Gasteiger partial charge >= 0.3 is 0 Å². The highest BCUT2D eigenvalue weighted by molar-refractivity contribution is 4.92. The minimum absolute atomic E-state index is 0.534. The summed E-state index contributed by atoms with van der Waals surface area (Å²) in [7, 11) is 0. The molecule has 1 aliphatic heterocycles. The van der Waals surface area contributed by atoms with Crippen molar-refractivity contribution in [1.82, 2.24) is 10.2 Å². The molecule has 2 nitrogen and oxygen atoms in total. The summed E-state index contributed by atoms with van der Waals surface area (Å²) < 4.78 is 0. The second kappa shape index (κ2) is 5.13.